The van der Waals surface area contributed by atoms with Crippen LogP contribution in [0.3, 0.4) is 0 Å². The van der Waals surface area contributed by atoms with E-state index in [0.29, 0.717) is 52.1 Å². The second kappa shape index (κ2) is 12.5. The summed E-state index contributed by atoms with van der Waals surface area (Å²) in [5.41, 5.74) is 2.76. The number of nitrogens with zero attached hydrogens (tertiary/aromatic N) is 3. The molecular weight excluding hydrogens is 406 g/mol. The third kappa shape index (κ3) is 7.52. The van der Waals surface area contributed by atoms with E-state index in [9.17, 15) is 9.59 Å². The number of imidazole rings is 1. The van der Waals surface area contributed by atoms with Gasteiger partial charge in [-0.1, -0.05) is 5.16 Å². The lowest BCUT2D eigenvalue weighted by atomic mass is 10.1. The summed E-state index contributed by atoms with van der Waals surface area (Å²) in [5.74, 6) is 0.303. The number of carbonyl (C=O) groups excluding carboxylic acids is 2. The van der Waals surface area contributed by atoms with E-state index >= 15 is 0 Å². The van der Waals surface area contributed by atoms with Gasteiger partial charge in [-0.2, -0.15) is 0 Å². The van der Waals surface area contributed by atoms with Gasteiger partial charge in [-0.3, -0.25) is 14.4 Å². The predicted molar refractivity (Wildman–Crippen MR) is 109 cm³/mol. The first-order valence-electron chi connectivity index (χ1n) is 10.1. The summed E-state index contributed by atoms with van der Waals surface area (Å²) in [7, 11) is 0. The zero-order chi connectivity index (χ0) is 22.6. The minimum atomic E-state index is -0.368. The highest BCUT2D eigenvalue weighted by atomic mass is 16.5. The third-order valence-electron chi connectivity index (χ3n) is 5.01. The smallest absolute Gasteiger partial charge is 0.290 e. The number of aryl methyl sites for hydroxylation is 2. The van der Waals surface area contributed by atoms with Crippen molar-refractivity contribution in [1.82, 2.24) is 25.3 Å². The van der Waals surface area contributed by atoms with Gasteiger partial charge in [-0.15, -0.1) is 0 Å². The number of rotatable bonds is 7. The Morgan fingerprint density at radius 3 is 2.81 bits per heavy atom. The molecule has 1 aliphatic rings. The second-order valence-corrected chi connectivity index (χ2v) is 7.14. The number of carboxylic acid groups (broad SMARTS) is 1. The number of aromatic nitrogens is 3. The molecule has 0 aliphatic carbocycles. The van der Waals surface area contributed by atoms with Crippen molar-refractivity contribution >= 4 is 18.3 Å². The summed E-state index contributed by atoms with van der Waals surface area (Å²) in [5, 5.41) is 13.7. The standard InChI is InChI=1S/C19H27N5O4.CH2O2/c1-13-17(14(2)28-23-13)3-4-18(25)24-7-8-27-11-15(10-24)19(26)21-6-5-16-9-20-12-22-16;2-1-3/h9,12,15H,3-8,10-11H2,1-2H3,(H,20,22)(H,21,26);1H,(H,2,3). The maximum absolute atomic E-state index is 12.7. The van der Waals surface area contributed by atoms with Crippen LogP contribution in [0.4, 0.5) is 0 Å². The molecular formula is C20H29N5O6. The molecule has 3 N–H and O–H groups in total. The summed E-state index contributed by atoms with van der Waals surface area (Å²) in [6, 6.07) is 0. The summed E-state index contributed by atoms with van der Waals surface area (Å²) < 4.78 is 10.7. The monoisotopic (exact) mass is 435 g/mol. The van der Waals surface area contributed by atoms with Crippen LogP contribution in [-0.4, -0.2) is 76.3 Å². The van der Waals surface area contributed by atoms with Crippen LogP contribution in [0.25, 0.3) is 0 Å². The highest BCUT2D eigenvalue weighted by molar-refractivity contribution is 5.81. The van der Waals surface area contributed by atoms with Gasteiger partial charge in [0.2, 0.25) is 11.8 Å². The molecule has 0 radical (unpaired) electrons. The highest BCUT2D eigenvalue weighted by Crippen LogP contribution is 2.16. The van der Waals surface area contributed by atoms with Crippen LogP contribution in [0.1, 0.15) is 29.1 Å². The summed E-state index contributed by atoms with van der Waals surface area (Å²) >= 11 is 0. The Bertz CT molecular complexity index is 816. The van der Waals surface area contributed by atoms with Crippen LogP contribution < -0.4 is 5.32 Å². The molecule has 0 bridgehead atoms. The lowest BCUT2D eigenvalue weighted by Gasteiger charge is -2.23. The fourth-order valence-corrected chi connectivity index (χ4v) is 3.33. The van der Waals surface area contributed by atoms with Crippen LogP contribution >= 0.6 is 0 Å². The zero-order valence-corrected chi connectivity index (χ0v) is 17.8. The van der Waals surface area contributed by atoms with Crippen LogP contribution in [0.15, 0.2) is 17.0 Å². The number of hydrogen-bond donors (Lipinski definition) is 3. The van der Waals surface area contributed by atoms with E-state index in [2.05, 4.69) is 20.4 Å². The number of hydrogen-bond acceptors (Lipinski definition) is 7. The average Bonchev–Trinajstić information content (AvgIpc) is 3.28. The van der Waals surface area contributed by atoms with Gasteiger partial charge in [0.25, 0.3) is 6.47 Å². The van der Waals surface area contributed by atoms with Crippen LogP contribution in [-0.2, 0) is 32.0 Å². The zero-order valence-electron chi connectivity index (χ0n) is 17.8. The molecule has 1 aliphatic heterocycles. The molecule has 0 saturated carbocycles. The second-order valence-electron chi connectivity index (χ2n) is 7.14. The van der Waals surface area contributed by atoms with E-state index in [1.54, 1.807) is 17.4 Å². The van der Waals surface area contributed by atoms with Gasteiger partial charge >= 0.3 is 0 Å². The molecule has 31 heavy (non-hydrogen) atoms. The Kier molecular flexibility index (Phi) is 9.69. The fourth-order valence-electron chi connectivity index (χ4n) is 3.33. The van der Waals surface area contributed by atoms with Crippen LogP contribution in [0, 0.1) is 19.8 Å². The first-order chi connectivity index (χ1) is 15.0. The lowest BCUT2D eigenvalue weighted by molar-refractivity contribution is -0.133. The molecule has 3 heterocycles. The Morgan fingerprint density at radius 1 is 1.39 bits per heavy atom. The lowest BCUT2D eigenvalue weighted by Crippen LogP contribution is -2.42. The van der Waals surface area contributed by atoms with Crippen molar-refractivity contribution in [2.75, 3.05) is 32.8 Å². The number of nitrogens with one attached hydrogen (secondary N) is 2. The molecule has 170 valence electrons. The van der Waals surface area contributed by atoms with Gasteiger partial charge in [0.1, 0.15) is 5.76 Å². The molecule has 1 saturated heterocycles. The summed E-state index contributed by atoms with van der Waals surface area (Å²) in [6.07, 6.45) is 4.97. The maximum atomic E-state index is 12.7. The maximum Gasteiger partial charge on any atom is 0.290 e. The Balaban J connectivity index is 0.00000107. The van der Waals surface area contributed by atoms with Crippen molar-refractivity contribution in [3.63, 3.8) is 0 Å². The molecule has 11 nitrogen and oxygen atoms in total. The van der Waals surface area contributed by atoms with Gasteiger partial charge in [0.05, 0.1) is 31.2 Å². The SMILES string of the molecule is Cc1noc(C)c1CCC(=O)N1CCOCC(C(=O)NCCc2cnc[nH]2)C1.O=CO. The number of aromatic amines is 1. The quantitative estimate of drug-likeness (QED) is 0.531. The molecule has 2 aromatic rings. The van der Waals surface area contributed by atoms with E-state index in [0.717, 1.165) is 22.7 Å². The number of amides is 2. The minimum absolute atomic E-state index is 0.0146. The first kappa shape index (κ1) is 24.1. The van der Waals surface area contributed by atoms with E-state index < -0.39 is 0 Å². The van der Waals surface area contributed by atoms with E-state index in [1.807, 2.05) is 13.8 Å². The Morgan fingerprint density at radius 2 is 2.16 bits per heavy atom. The number of carbonyl (C=O) groups is 3. The van der Waals surface area contributed by atoms with E-state index in [1.165, 1.54) is 0 Å². The van der Waals surface area contributed by atoms with Crippen molar-refractivity contribution in [2.24, 2.45) is 5.92 Å². The predicted octanol–water partition coefficient (Wildman–Crippen LogP) is 0.482. The fraction of sp³-hybridized carbons (Fsp3) is 0.550. The largest absolute Gasteiger partial charge is 0.483 e. The van der Waals surface area contributed by atoms with Crippen LogP contribution in [0.5, 0.6) is 0 Å². The van der Waals surface area contributed by atoms with Crippen molar-refractivity contribution in [3.05, 3.63) is 35.2 Å². The van der Waals surface area contributed by atoms with Crippen molar-refractivity contribution in [1.29, 1.82) is 0 Å². The normalized spacial score (nSPS) is 16.1. The van der Waals surface area contributed by atoms with Crippen LogP contribution in [0.2, 0.25) is 0 Å². The highest BCUT2D eigenvalue weighted by Gasteiger charge is 2.27. The van der Waals surface area contributed by atoms with Crippen molar-refractivity contribution < 1.29 is 28.8 Å². The minimum Gasteiger partial charge on any atom is -0.483 e. The molecule has 11 heteroatoms. The van der Waals surface area contributed by atoms with Gasteiger partial charge in [-0.05, 0) is 20.3 Å². The van der Waals surface area contributed by atoms with Gasteiger partial charge in [-0.25, -0.2) is 4.98 Å². The Labute approximate surface area is 180 Å². The molecule has 0 spiro atoms. The summed E-state index contributed by atoms with van der Waals surface area (Å²) in [6.45, 7) is 5.62. The average molecular weight is 435 g/mol. The third-order valence-corrected chi connectivity index (χ3v) is 5.01. The molecule has 3 rings (SSSR count). The van der Waals surface area contributed by atoms with Crippen molar-refractivity contribution in [3.8, 4) is 0 Å². The molecule has 1 unspecified atom stereocenters. The topological polar surface area (TPSA) is 151 Å². The van der Waals surface area contributed by atoms with Gasteiger partial charge in [0.15, 0.2) is 0 Å². The molecule has 2 amide bonds. The Hall–Kier alpha value is -3.21. The van der Waals surface area contributed by atoms with Gasteiger partial charge in [0, 0.05) is 49.9 Å². The van der Waals surface area contributed by atoms with E-state index in [-0.39, 0.29) is 24.2 Å². The molecule has 1 atom stereocenters. The van der Waals surface area contributed by atoms with E-state index in [4.69, 9.17) is 19.2 Å². The number of H-pyrrole nitrogens is 1. The number of ether oxygens (including phenoxy) is 1. The summed E-state index contributed by atoms with van der Waals surface area (Å²) in [4.78, 5) is 42.2. The van der Waals surface area contributed by atoms with Crippen molar-refractivity contribution in [2.45, 2.75) is 33.1 Å². The first-order valence-corrected chi connectivity index (χ1v) is 10.1. The van der Waals surface area contributed by atoms with Gasteiger partial charge < -0.3 is 29.6 Å². The molecule has 2 aromatic heterocycles. The molecule has 1 fully saturated rings. The molecule has 0 aromatic carbocycles.